The fraction of sp³-hybridized carbons (Fsp3) is 0.533. The van der Waals surface area contributed by atoms with Crippen LogP contribution in [0.2, 0.25) is 0 Å². The van der Waals surface area contributed by atoms with Gasteiger partial charge < -0.3 is 15.3 Å². The second-order valence-corrected chi connectivity index (χ2v) is 5.90. The number of rotatable bonds is 4. The van der Waals surface area contributed by atoms with Crippen molar-refractivity contribution in [3.8, 4) is 0 Å². The van der Waals surface area contributed by atoms with Gasteiger partial charge in [0, 0.05) is 20.3 Å². The molecule has 0 bridgehead atoms. The SMILES string of the molecule is CC1C[C@H](C(=O)Nc2cnccc2N(C)C)[C@H](C(=O)O)C1. The number of hydrogen-bond acceptors (Lipinski definition) is 4. The quantitative estimate of drug-likeness (QED) is 0.884. The van der Waals surface area contributed by atoms with Crippen molar-refractivity contribution in [1.29, 1.82) is 0 Å². The van der Waals surface area contributed by atoms with E-state index < -0.39 is 17.8 Å². The topological polar surface area (TPSA) is 82.5 Å². The number of hydrogen-bond donors (Lipinski definition) is 2. The fourth-order valence-corrected chi connectivity index (χ4v) is 2.95. The highest BCUT2D eigenvalue weighted by Crippen LogP contribution is 2.37. The van der Waals surface area contributed by atoms with Gasteiger partial charge >= 0.3 is 5.97 Å². The van der Waals surface area contributed by atoms with Crippen molar-refractivity contribution in [3.05, 3.63) is 18.5 Å². The number of carboxylic acids is 1. The van der Waals surface area contributed by atoms with Crippen LogP contribution in [0.1, 0.15) is 19.8 Å². The largest absolute Gasteiger partial charge is 0.481 e. The molecule has 1 amide bonds. The Balaban J connectivity index is 2.16. The molecule has 1 heterocycles. The lowest BCUT2D eigenvalue weighted by molar-refractivity contribution is -0.145. The number of pyridine rings is 1. The smallest absolute Gasteiger partial charge is 0.307 e. The Morgan fingerprint density at radius 2 is 2.00 bits per heavy atom. The first-order valence-electron chi connectivity index (χ1n) is 7.05. The second-order valence-electron chi connectivity index (χ2n) is 5.90. The average molecular weight is 291 g/mol. The van der Waals surface area contributed by atoms with Crippen LogP contribution in [-0.2, 0) is 9.59 Å². The van der Waals surface area contributed by atoms with Crippen molar-refractivity contribution < 1.29 is 14.7 Å². The van der Waals surface area contributed by atoms with Crippen LogP contribution in [0.15, 0.2) is 18.5 Å². The van der Waals surface area contributed by atoms with Crippen molar-refractivity contribution in [2.24, 2.45) is 17.8 Å². The molecule has 1 fully saturated rings. The zero-order chi connectivity index (χ0) is 15.6. The predicted molar refractivity (Wildman–Crippen MR) is 80.2 cm³/mol. The van der Waals surface area contributed by atoms with E-state index in [0.29, 0.717) is 18.5 Å². The Morgan fingerprint density at radius 1 is 1.33 bits per heavy atom. The summed E-state index contributed by atoms with van der Waals surface area (Å²) >= 11 is 0. The summed E-state index contributed by atoms with van der Waals surface area (Å²) in [5.41, 5.74) is 1.45. The van der Waals surface area contributed by atoms with Gasteiger partial charge in [0.05, 0.1) is 29.4 Å². The molecule has 3 atom stereocenters. The molecular formula is C15H21N3O3. The highest BCUT2D eigenvalue weighted by molar-refractivity contribution is 5.97. The van der Waals surface area contributed by atoms with Gasteiger partial charge in [0.15, 0.2) is 0 Å². The van der Waals surface area contributed by atoms with Gasteiger partial charge in [-0.2, -0.15) is 0 Å². The summed E-state index contributed by atoms with van der Waals surface area (Å²) in [6, 6.07) is 1.81. The first kappa shape index (κ1) is 15.3. The molecule has 1 unspecified atom stereocenters. The Hall–Kier alpha value is -2.11. The summed E-state index contributed by atoms with van der Waals surface area (Å²) in [5.74, 6) is -1.95. The van der Waals surface area contributed by atoms with Crippen LogP contribution >= 0.6 is 0 Å². The van der Waals surface area contributed by atoms with Crippen LogP contribution in [-0.4, -0.2) is 36.1 Å². The molecule has 1 aromatic heterocycles. The van der Waals surface area contributed by atoms with Gasteiger partial charge in [-0.25, -0.2) is 0 Å². The van der Waals surface area contributed by atoms with Gasteiger partial charge in [-0.05, 0) is 24.8 Å². The van der Waals surface area contributed by atoms with E-state index in [0.717, 1.165) is 5.69 Å². The van der Waals surface area contributed by atoms with E-state index in [1.54, 1.807) is 12.4 Å². The minimum atomic E-state index is -0.890. The zero-order valence-electron chi connectivity index (χ0n) is 12.5. The van der Waals surface area contributed by atoms with E-state index in [-0.39, 0.29) is 11.8 Å². The molecule has 1 saturated carbocycles. The monoisotopic (exact) mass is 291 g/mol. The molecule has 21 heavy (non-hydrogen) atoms. The molecule has 2 N–H and O–H groups in total. The first-order valence-corrected chi connectivity index (χ1v) is 7.05. The molecule has 1 aliphatic rings. The van der Waals surface area contributed by atoms with Gasteiger partial charge in [0.25, 0.3) is 0 Å². The molecule has 0 radical (unpaired) electrons. The molecule has 114 valence electrons. The third kappa shape index (κ3) is 3.32. The summed E-state index contributed by atoms with van der Waals surface area (Å²) < 4.78 is 0. The van der Waals surface area contributed by atoms with Gasteiger partial charge in [0.1, 0.15) is 0 Å². The van der Waals surface area contributed by atoms with E-state index in [9.17, 15) is 14.7 Å². The van der Waals surface area contributed by atoms with Gasteiger partial charge in [0.2, 0.25) is 5.91 Å². The third-order valence-electron chi connectivity index (χ3n) is 3.99. The first-order chi connectivity index (χ1) is 9.90. The lowest BCUT2D eigenvalue weighted by atomic mass is 9.95. The number of carbonyl (C=O) groups excluding carboxylic acids is 1. The molecule has 6 heteroatoms. The molecule has 1 aromatic rings. The van der Waals surface area contributed by atoms with Crippen LogP contribution in [0.25, 0.3) is 0 Å². The lowest BCUT2D eigenvalue weighted by Crippen LogP contribution is -2.30. The number of anilines is 2. The number of amides is 1. The Labute approximate surface area is 124 Å². The summed E-state index contributed by atoms with van der Waals surface area (Å²) in [6.07, 6.45) is 4.41. The second kappa shape index (κ2) is 6.11. The summed E-state index contributed by atoms with van der Waals surface area (Å²) in [7, 11) is 3.76. The zero-order valence-corrected chi connectivity index (χ0v) is 12.5. The van der Waals surface area contributed by atoms with E-state index >= 15 is 0 Å². The maximum absolute atomic E-state index is 12.4. The summed E-state index contributed by atoms with van der Waals surface area (Å²) in [4.78, 5) is 29.6. The van der Waals surface area contributed by atoms with Gasteiger partial charge in [-0.15, -0.1) is 0 Å². The van der Waals surface area contributed by atoms with E-state index in [2.05, 4.69) is 10.3 Å². The van der Waals surface area contributed by atoms with Crippen LogP contribution in [0.5, 0.6) is 0 Å². The third-order valence-corrected chi connectivity index (χ3v) is 3.99. The Kier molecular flexibility index (Phi) is 4.45. The number of nitrogens with one attached hydrogen (secondary N) is 1. The van der Waals surface area contributed by atoms with E-state index in [1.165, 1.54) is 0 Å². The van der Waals surface area contributed by atoms with Crippen LogP contribution in [0.4, 0.5) is 11.4 Å². The standard InChI is InChI=1S/C15H21N3O3/c1-9-6-10(11(7-9)15(20)21)14(19)17-12-8-16-5-4-13(12)18(2)3/h4-5,8-11H,6-7H2,1-3H3,(H,17,19)(H,20,21)/t9?,10-,11+/m0/s1. The van der Waals surface area contributed by atoms with E-state index in [1.807, 2.05) is 32.0 Å². The molecule has 1 aliphatic carbocycles. The minimum Gasteiger partial charge on any atom is -0.481 e. The van der Waals surface area contributed by atoms with Crippen molar-refractivity contribution >= 4 is 23.3 Å². The Bertz CT molecular complexity index is 545. The predicted octanol–water partition coefficient (Wildman–Crippen LogP) is 1.83. The van der Waals surface area contributed by atoms with Crippen molar-refractivity contribution in [2.75, 3.05) is 24.3 Å². The number of aliphatic carboxylic acids is 1. The molecule has 0 aliphatic heterocycles. The van der Waals surface area contributed by atoms with Crippen LogP contribution in [0.3, 0.4) is 0 Å². The summed E-state index contributed by atoms with van der Waals surface area (Å²) in [6.45, 7) is 1.98. The maximum atomic E-state index is 12.4. The minimum absolute atomic E-state index is 0.233. The van der Waals surface area contributed by atoms with Gasteiger partial charge in [-0.1, -0.05) is 6.92 Å². The fourth-order valence-electron chi connectivity index (χ4n) is 2.95. The molecule has 2 rings (SSSR count). The molecule has 0 saturated heterocycles. The normalized spacial score (nSPS) is 24.6. The van der Waals surface area contributed by atoms with E-state index in [4.69, 9.17) is 0 Å². The Morgan fingerprint density at radius 3 is 2.62 bits per heavy atom. The number of aromatic nitrogens is 1. The van der Waals surface area contributed by atoms with Gasteiger partial charge in [-0.3, -0.25) is 14.6 Å². The maximum Gasteiger partial charge on any atom is 0.307 e. The highest BCUT2D eigenvalue weighted by Gasteiger charge is 2.41. The summed E-state index contributed by atoms with van der Waals surface area (Å²) in [5, 5.41) is 12.1. The molecular weight excluding hydrogens is 270 g/mol. The molecule has 0 spiro atoms. The number of nitrogens with zero attached hydrogens (tertiary/aromatic N) is 2. The van der Waals surface area contributed by atoms with Crippen LogP contribution in [0, 0.1) is 17.8 Å². The van der Waals surface area contributed by atoms with Crippen molar-refractivity contribution in [2.45, 2.75) is 19.8 Å². The number of carbonyl (C=O) groups is 2. The number of carboxylic acid groups (broad SMARTS) is 1. The van der Waals surface area contributed by atoms with Crippen LogP contribution < -0.4 is 10.2 Å². The van der Waals surface area contributed by atoms with Crippen molar-refractivity contribution in [3.63, 3.8) is 0 Å². The van der Waals surface area contributed by atoms with Crippen molar-refractivity contribution in [1.82, 2.24) is 4.98 Å². The highest BCUT2D eigenvalue weighted by atomic mass is 16.4. The molecule has 6 nitrogen and oxygen atoms in total. The average Bonchev–Trinajstić information content (AvgIpc) is 2.81. The lowest BCUT2D eigenvalue weighted by Gasteiger charge is -2.20. The molecule has 0 aromatic carbocycles.